The number of pyridine rings is 1. The van der Waals surface area contributed by atoms with Gasteiger partial charge in [-0.2, -0.15) is 0 Å². The minimum Gasteiger partial charge on any atom is -0.310 e. The molecular weight excluding hydrogens is 360 g/mol. The fraction of sp³-hybridized carbons (Fsp3) is 0.0909. The highest BCUT2D eigenvalue weighted by atomic mass is 19.1. The van der Waals surface area contributed by atoms with Crippen LogP contribution in [0.1, 0.15) is 11.1 Å². The van der Waals surface area contributed by atoms with E-state index in [1.807, 2.05) is 25.3 Å². The monoisotopic (exact) mass is 377 g/mol. The Morgan fingerprint density at radius 1 is 1.00 bits per heavy atom. The number of aryl methyl sites for hydroxylation is 1. The number of halogens is 2. The van der Waals surface area contributed by atoms with Crippen molar-refractivity contribution in [1.82, 2.24) is 9.38 Å². The van der Waals surface area contributed by atoms with Crippen LogP contribution >= 0.6 is 0 Å². The van der Waals surface area contributed by atoms with E-state index in [-0.39, 0.29) is 24.0 Å². The molecule has 0 radical (unpaired) electrons. The number of imidazole rings is 1. The molecule has 0 saturated carbocycles. The molecule has 0 fully saturated rings. The van der Waals surface area contributed by atoms with E-state index in [0.29, 0.717) is 28.3 Å². The second-order valence-electron chi connectivity index (χ2n) is 6.60. The largest absolute Gasteiger partial charge is 0.310 e. The number of hydrogen-bond acceptors (Lipinski definition) is 2. The Hall–Kier alpha value is -3.54. The maximum absolute atomic E-state index is 13.3. The maximum Gasteiger partial charge on any atom is 0.229 e. The SMILES string of the molecule is Cc1ccn2c(NC(=O)Cc3ccc(F)cc3)c(-c3ccc(F)cc3)nc2c1. The molecule has 1 amide bonds. The summed E-state index contributed by atoms with van der Waals surface area (Å²) in [6.45, 7) is 1.96. The minimum atomic E-state index is -0.347. The van der Waals surface area contributed by atoms with Gasteiger partial charge in [0.15, 0.2) is 0 Å². The number of rotatable bonds is 4. The Morgan fingerprint density at radius 2 is 1.64 bits per heavy atom. The van der Waals surface area contributed by atoms with Crippen LogP contribution in [-0.4, -0.2) is 15.3 Å². The molecule has 4 aromatic rings. The van der Waals surface area contributed by atoms with Crippen LogP contribution in [0.3, 0.4) is 0 Å². The second kappa shape index (κ2) is 7.23. The van der Waals surface area contributed by atoms with Crippen LogP contribution in [0.4, 0.5) is 14.6 Å². The molecule has 0 aliphatic carbocycles. The third-order valence-electron chi connectivity index (χ3n) is 4.44. The van der Waals surface area contributed by atoms with Gasteiger partial charge in [0.05, 0.1) is 6.42 Å². The molecule has 1 N–H and O–H groups in total. The molecule has 0 saturated heterocycles. The zero-order valence-corrected chi connectivity index (χ0v) is 15.1. The number of benzene rings is 2. The molecule has 6 heteroatoms. The number of carbonyl (C=O) groups excluding carboxylic acids is 1. The number of carbonyl (C=O) groups is 1. The van der Waals surface area contributed by atoms with Crippen molar-refractivity contribution in [3.05, 3.63) is 89.6 Å². The summed E-state index contributed by atoms with van der Waals surface area (Å²) in [4.78, 5) is 17.2. The molecule has 2 heterocycles. The lowest BCUT2D eigenvalue weighted by Crippen LogP contribution is -2.16. The quantitative estimate of drug-likeness (QED) is 0.557. The summed E-state index contributed by atoms with van der Waals surface area (Å²) in [5.74, 6) is -0.434. The van der Waals surface area contributed by atoms with Crippen molar-refractivity contribution in [3.63, 3.8) is 0 Å². The number of hydrogen-bond donors (Lipinski definition) is 1. The highest BCUT2D eigenvalue weighted by Crippen LogP contribution is 2.29. The molecule has 0 aliphatic heterocycles. The van der Waals surface area contributed by atoms with Gasteiger partial charge in [0.1, 0.15) is 28.8 Å². The Morgan fingerprint density at radius 3 is 2.32 bits per heavy atom. The first-order valence-corrected chi connectivity index (χ1v) is 8.78. The smallest absolute Gasteiger partial charge is 0.229 e. The first-order chi connectivity index (χ1) is 13.5. The van der Waals surface area contributed by atoms with Gasteiger partial charge in [-0.3, -0.25) is 9.20 Å². The van der Waals surface area contributed by atoms with E-state index in [4.69, 9.17) is 0 Å². The molecule has 4 nitrogen and oxygen atoms in total. The highest BCUT2D eigenvalue weighted by Gasteiger charge is 2.17. The summed E-state index contributed by atoms with van der Waals surface area (Å²) in [6.07, 6.45) is 1.93. The third kappa shape index (κ3) is 3.62. The van der Waals surface area contributed by atoms with Gasteiger partial charge < -0.3 is 5.32 Å². The summed E-state index contributed by atoms with van der Waals surface area (Å²) in [7, 11) is 0. The average molecular weight is 377 g/mol. The Bertz CT molecular complexity index is 1150. The Kier molecular flexibility index (Phi) is 4.61. The molecule has 2 aromatic carbocycles. The van der Waals surface area contributed by atoms with Crippen LogP contribution in [0, 0.1) is 18.6 Å². The van der Waals surface area contributed by atoms with Crippen LogP contribution in [0.25, 0.3) is 16.9 Å². The maximum atomic E-state index is 13.3. The molecule has 0 bridgehead atoms. The normalized spacial score (nSPS) is 11.0. The van der Waals surface area contributed by atoms with Crippen molar-refractivity contribution >= 4 is 17.4 Å². The van der Waals surface area contributed by atoms with Crippen molar-refractivity contribution in [2.24, 2.45) is 0 Å². The van der Waals surface area contributed by atoms with Crippen LogP contribution in [0.2, 0.25) is 0 Å². The van der Waals surface area contributed by atoms with E-state index < -0.39 is 0 Å². The standard InChI is InChI=1S/C22H17F2N3O/c1-14-10-11-27-19(12-14)25-21(16-4-8-18(24)9-5-16)22(27)26-20(28)13-15-2-6-17(23)7-3-15/h2-12H,13H2,1H3,(H,26,28). The first kappa shape index (κ1) is 17.9. The molecule has 2 aromatic heterocycles. The lowest BCUT2D eigenvalue weighted by atomic mass is 10.1. The number of nitrogens with one attached hydrogen (secondary N) is 1. The van der Waals surface area contributed by atoms with Crippen LogP contribution < -0.4 is 5.32 Å². The Balaban J connectivity index is 1.71. The molecule has 140 valence electrons. The van der Waals surface area contributed by atoms with Gasteiger partial charge >= 0.3 is 0 Å². The van der Waals surface area contributed by atoms with E-state index in [9.17, 15) is 13.6 Å². The summed E-state index contributed by atoms with van der Waals surface area (Å²) in [6, 6.07) is 15.6. The fourth-order valence-corrected chi connectivity index (χ4v) is 3.04. The Labute approximate surface area is 160 Å². The van der Waals surface area contributed by atoms with Gasteiger partial charge in [-0.05, 0) is 66.6 Å². The van der Waals surface area contributed by atoms with Gasteiger partial charge in [0.25, 0.3) is 0 Å². The molecule has 4 rings (SSSR count). The predicted molar refractivity (Wildman–Crippen MR) is 104 cm³/mol. The number of amides is 1. The van der Waals surface area contributed by atoms with Gasteiger partial charge in [-0.25, -0.2) is 13.8 Å². The third-order valence-corrected chi connectivity index (χ3v) is 4.44. The average Bonchev–Trinajstić information content (AvgIpc) is 3.01. The lowest BCUT2D eigenvalue weighted by molar-refractivity contribution is -0.115. The number of fused-ring (bicyclic) bond motifs is 1. The zero-order chi connectivity index (χ0) is 19.7. The topological polar surface area (TPSA) is 46.4 Å². The fourth-order valence-electron chi connectivity index (χ4n) is 3.04. The second-order valence-corrected chi connectivity index (χ2v) is 6.60. The molecule has 28 heavy (non-hydrogen) atoms. The van der Waals surface area contributed by atoms with E-state index >= 15 is 0 Å². The molecule has 0 spiro atoms. The molecule has 0 unspecified atom stereocenters. The highest BCUT2D eigenvalue weighted by molar-refractivity contribution is 5.95. The van der Waals surface area contributed by atoms with Crippen molar-refractivity contribution in [2.75, 3.05) is 5.32 Å². The van der Waals surface area contributed by atoms with Crippen LogP contribution in [0.5, 0.6) is 0 Å². The number of aromatic nitrogens is 2. The first-order valence-electron chi connectivity index (χ1n) is 8.78. The zero-order valence-electron chi connectivity index (χ0n) is 15.1. The van der Waals surface area contributed by atoms with Gasteiger partial charge in [0, 0.05) is 11.8 Å². The van der Waals surface area contributed by atoms with Crippen LogP contribution in [0.15, 0.2) is 66.9 Å². The summed E-state index contributed by atoms with van der Waals surface area (Å²) >= 11 is 0. The van der Waals surface area contributed by atoms with E-state index in [0.717, 1.165) is 5.56 Å². The summed E-state index contributed by atoms with van der Waals surface area (Å²) in [5.41, 5.74) is 3.66. The van der Waals surface area contributed by atoms with Crippen molar-refractivity contribution in [2.45, 2.75) is 13.3 Å². The van der Waals surface area contributed by atoms with E-state index in [2.05, 4.69) is 10.3 Å². The predicted octanol–water partition coefficient (Wildman–Crippen LogP) is 4.77. The van der Waals surface area contributed by atoms with Crippen molar-refractivity contribution in [3.8, 4) is 11.3 Å². The van der Waals surface area contributed by atoms with E-state index in [1.165, 1.54) is 24.3 Å². The van der Waals surface area contributed by atoms with Crippen molar-refractivity contribution < 1.29 is 13.6 Å². The molecule has 0 atom stereocenters. The van der Waals surface area contributed by atoms with Gasteiger partial charge in [0.2, 0.25) is 5.91 Å². The van der Waals surface area contributed by atoms with E-state index in [1.54, 1.807) is 28.7 Å². The minimum absolute atomic E-state index is 0.0994. The molecule has 0 aliphatic rings. The lowest BCUT2D eigenvalue weighted by Gasteiger charge is -2.08. The van der Waals surface area contributed by atoms with Gasteiger partial charge in [-0.1, -0.05) is 12.1 Å². The van der Waals surface area contributed by atoms with Gasteiger partial charge in [-0.15, -0.1) is 0 Å². The summed E-state index contributed by atoms with van der Waals surface area (Å²) < 4.78 is 28.2. The van der Waals surface area contributed by atoms with Crippen molar-refractivity contribution in [1.29, 1.82) is 0 Å². The summed E-state index contributed by atoms with van der Waals surface area (Å²) in [5, 5.41) is 2.90. The molecular formula is C22H17F2N3O. The number of anilines is 1. The van der Waals surface area contributed by atoms with Crippen LogP contribution in [-0.2, 0) is 11.2 Å². The number of nitrogens with zero attached hydrogens (tertiary/aromatic N) is 2.